The van der Waals surface area contributed by atoms with Crippen molar-refractivity contribution in [2.24, 2.45) is 23.5 Å². The zero-order valence-corrected chi connectivity index (χ0v) is 15.2. The Morgan fingerprint density at radius 3 is 2.57 bits per heavy atom. The first-order chi connectivity index (χ1) is 10.5. The topological polar surface area (TPSA) is 75.4 Å². The van der Waals surface area contributed by atoms with E-state index in [9.17, 15) is 9.59 Å². The standard InChI is InChI=1S/C17H31N3O2.ClH/c1-12(2)17(22)19-10-13-5-4-8-20(11-13)16(21)9-14-6-3-7-15(14)18;/h12-15H,3-11,18H2,1-2H3,(H,19,22);1H/t13?,14-,15+;/m0./s1. The molecule has 0 radical (unpaired) electrons. The molecule has 6 heteroatoms. The Hall–Kier alpha value is -0.810. The number of halogens is 1. The van der Waals surface area contributed by atoms with Crippen LogP contribution in [0.5, 0.6) is 0 Å². The van der Waals surface area contributed by atoms with Crippen LogP contribution in [0.2, 0.25) is 0 Å². The summed E-state index contributed by atoms with van der Waals surface area (Å²) in [5.74, 6) is 1.12. The van der Waals surface area contributed by atoms with Crippen LogP contribution in [0.25, 0.3) is 0 Å². The van der Waals surface area contributed by atoms with E-state index < -0.39 is 0 Å². The number of amides is 2. The lowest BCUT2D eigenvalue weighted by atomic mass is 9.95. The maximum Gasteiger partial charge on any atom is 0.222 e. The van der Waals surface area contributed by atoms with Gasteiger partial charge in [-0.3, -0.25) is 9.59 Å². The molecule has 2 fully saturated rings. The van der Waals surface area contributed by atoms with Crippen LogP contribution in [0.1, 0.15) is 52.4 Å². The van der Waals surface area contributed by atoms with Gasteiger partial charge < -0.3 is 16.0 Å². The molecule has 0 aromatic heterocycles. The normalized spacial score (nSPS) is 27.7. The molecule has 0 bridgehead atoms. The van der Waals surface area contributed by atoms with E-state index >= 15 is 0 Å². The van der Waals surface area contributed by atoms with Crippen LogP contribution in [0, 0.1) is 17.8 Å². The van der Waals surface area contributed by atoms with Crippen LogP contribution >= 0.6 is 12.4 Å². The first-order valence-electron chi connectivity index (χ1n) is 8.78. The van der Waals surface area contributed by atoms with Crippen molar-refractivity contribution < 1.29 is 9.59 Å². The summed E-state index contributed by atoms with van der Waals surface area (Å²) in [5, 5.41) is 2.99. The summed E-state index contributed by atoms with van der Waals surface area (Å²) < 4.78 is 0. The van der Waals surface area contributed by atoms with Gasteiger partial charge in [-0.15, -0.1) is 12.4 Å². The summed E-state index contributed by atoms with van der Waals surface area (Å²) in [6, 6.07) is 0.204. The van der Waals surface area contributed by atoms with Gasteiger partial charge in [0.1, 0.15) is 0 Å². The second-order valence-corrected chi connectivity index (χ2v) is 7.31. The van der Waals surface area contributed by atoms with Gasteiger partial charge in [0.15, 0.2) is 0 Å². The second kappa shape index (κ2) is 9.48. The highest BCUT2D eigenvalue weighted by Crippen LogP contribution is 2.28. The quantitative estimate of drug-likeness (QED) is 0.799. The lowest BCUT2D eigenvalue weighted by molar-refractivity contribution is -0.134. The zero-order valence-electron chi connectivity index (χ0n) is 14.4. The molecule has 5 nitrogen and oxygen atoms in total. The van der Waals surface area contributed by atoms with Gasteiger partial charge in [0, 0.05) is 38.0 Å². The molecule has 1 aliphatic heterocycles. The largest absolute Gasteiger partial charge is 0.356 e. The van der Waals surface area contributed by atoms with Crippen molar-refractivity contribution in [3.8, 4) is 0 Å². The number of carbonyl (C=O) groups excluding carboxylic acids is 2. The third-order valence-electron chi connectivity index (χ3n) is 5.12. The Morgan fingerprint density at radius 1 is 1.22 bits per heavy atom. The number of likely N-dealkylation sites (tertiary alicyclic amines) is 1. The monoisotopic (exact) mass is 345 g/mol. The first kappa shape index (κ1) is 20.2. The number of carbonyl (C=O) groups is 2. The molecular weight excluding hydrogens is 314 g/mol. The molecule has 1 aliphatic carbocycles. The summed E-state index contributed by atoms with van der Waals surface area (Å²) in [4.78, 5) is 26.1. The average Bonchev–Trinajstić information content (AvgIpc) is 2.90. The summed E-state index contributed by atoms with van der Waals surface area (Å²) in [6.45, 7) is 6.12. The van der Waals surface area contributed by atoms with E-state index in [4.69, 9.17) is 5.73 Å². The van der Waals surface area contributed by atoms with Crippen molar-refractivity contribution in [3.63, 3.8) is 0 Å². The fourth-order valence-electron chi connectivity index (χ4n) is 3.58. The Labute approximate surface area is 146 Å². The van der Waals surface area contributed by atoms with E-state index in [0.717, 1.165) is 45.2 Å². The highest BCUT2D eigenvalue weighted by Gasteiger charge is 2.30. The fourth-order valence-corrected chi connectivity index (χ4v) is 3.58. The Morgan fingerprint density at radius 2 is 1.96 bits per heavy atom. The molecule has 0 aromatic carbocycles. The minimum absolute atomic E-state index is 0. The molecule has 0 spiro atoms. The van der Waals surface area contributed by atoms with E-state index in [1.807, 2.05) is 18.7 Å². The third-order valence-corrected chi connectivity index (χ3v) is 5.12. The van der Waals surface area contributed by atoms with Crippen LogP contribution in [-0.4, -0.2) is 42.4 Å². The predicted molar refractivity (Wildman–Crippen MR) is 94.3 cm³/mol. The van der Waals surface area contributed by atoms with Gasteiger partial charge in [0.2, 0.25) is 11.8 Å². The van der Waals surface area contributed by atoms with Crippen molar-refractivity contribution >= 4 is 24.2 Å². The first-order valence-corrected chi connectivity index (χ1v) is 8.78. The lowest BCUT2D eigenvalue weighted by Crippen LogP contribution is -2.45. The molecule has 3 N–H and O–H groups in total. The maximum atomic E-state index is 12.5. The van der Waals surface area contributed by atoms with Gasteiger partial charge >= 0.3 is 0 Å². The lowest BCUT2D eigenvalue weighted by Gasteiger charge is -2.34. The highest BCUT2D eigenvalue weighted by atomic mass is 35.5. The Bertz CT molecular complexity index is 403. The minimum Gasteiger partial charge on any atom is -0.356 e. The molecule has 134 valence electrons. The smallest absolute Gasteiger partial charge is 0.222 e. The number of piperidine rings is 1. The fraction of sp³-hybridized carbons (Fsp3) is 0.882. The van der Waals surface area contributed by atoms with Gasteiger partial charge in [-0.2, -0.15) is 0 Å². The van der Waals surface area contributed by atoms with E-state index in [-0.39, 0.29) is 36.2 Å². The number of nitrogens with zero attached hydrogens (tertiary/aromatic N) is 1. The molecular formula is C17H32ClN3O2. The van der Waals surface area contributed by atoms with Gasteiger partial charge in [0.25, 0.3) is 0 Å². The van der Waals surface area contributed by atoms with Gasteiger partial charge in [-0.1, -0.05) is 20.3 Å². The molecule has 23 heavy (non-hydrogen) atoms. The molecule has 1 saturated heterocycles. The molecule has 2 amide bonds. The second-order valence-electron chi connectivity index (χ2n) is 7.31. The molecule has 2 aliphatic rings. The SMILES string of the molecule is CC(C)C(=O)NCC1CCCN(C(=O)C[C@@H]2CCC[C@H]2N)C1.Cl. The van der Waals surface area contributed by atoms with Crippen molar-refractivity contribution in [3.05, 3.63) is 0 Å². The third kappa shape index (κ3) is 5.96. The van der Waals surface area contributed by atoms with E-state index in [0.29, 0.717) is 24.8 Å². The molecule has 1 saturated carbocycles. The van der Waals surface area contributed by atoms with Crippen LogP contribution in [-0.2, 0) is 9.59 Å². The Kier molecular flexibility index (Phi) is 8.34. The van der Waals surface area contributed by atoms with Crippen molar-refractivity contribution in [2.75, 3.05) is 19.6 Å². The Balaban J connectivity index is 0.00000264. The average molecular weight is 346 g/mol. The summed E-state index contributed by atoms with van der Waals surface area (Å²) >= 11 is 0. The van der Waals surface area contributed by atoms with Crippen LogP contribution in [0.3, 0.4) is 0 Å². The van der Waals surface area contributed by atoms with E-state index in [2.05, 4.69) is 5.32 Å². The number of rotatable bonds is 5. The van der Waals surface area contributed by atoms with Crippen LogP contribution in [0.4, 0.5) is 0 Å². The zero-order chi connectivity index (χ0) is 16.1. The molecule has 0 aromatic rings. The number of nitrogens with two attached hydrogens (primary N) is 1. The predicted octanol–water partition coefficient (Wildman–Crippen LogP) is 1.94. The molecule has 3 atom stereocenters. The van der Waals surface area contributed by atoms with Crippen LogP contribution < -0.4 is 11.1 Å². The number of hydrogen-bond acceptors (Lipinski definition) is 3. The van der Waals surface area contributed by atoms with Gasteiger partial charge in [-0.05, 0) is 37.5 Å². The maximum absolute atomic E-state index is 12.5. The van der Waals surface area contributed by atoms with Crippen molar-refractivity contribution in [2.45, 2.75) is 58.4 Å². The molecule has 2 rings (SSSR count). The van der Waals surface area contributed by atoms with Crippen molar-refractivity contribution in [1.82, 2.24) is 10.2 Å². The summed E-state index contributed by atoms with van der Waals surface area (Å²) in [6.07, 6.45) is 6.03. The summed E-state index contributed by atoms with van der Waals surface area (Å²) in [5.41, 5.74) is 6.08. The molecule has 1 heterocycles. The van der Waals surface area contributed by atoms with Crippen LogP contribution in [0.15, 0.2) is 0 Å². The van der Waals surface area contributed by atoms with E-state index in [1.165, 1.54) is 0 Å². The highest BCUT2D eigenvalue weighted by molar-refractivity contribution is 5.85. The minimum atomic E-state index is 0. The van der Waals surface area contributed by atoms with Gasteiger partial charge in [-0.25, -0.2) is 0 Å². The number of hydrogen-bond donors (Lipinski definition) is 2. The summed E-state index contributed by atoms with van der Waals surface area (Å²) in [7, 11) is 0. The number of nitrogens with one attached hydrogen (secondary N) is 1. The van der Waals surface area contributed by atoms with Gasteiger partial charge in [0.05, 0.1) is 0 Å². The van der Waals surface area contributed by atoms with Crippen molar-refractivity contribution in [1.29, 1.82) is 0 Å². The van der Waals surface area contributed by atoms with E-state index in [1.54, 1.807) is 0 Å². The molecule has 1 unspecified atom stereocenters.